The van der Waals surface area contributed by atoms with E-state index < -0.39 is 29.4 Å². The minimum atomic E-state index is -0.622. The Balaban J connectivity index is 1.40. The molecular weight excluding hydrogens is 559 g/mol. The quantitative estimate of drug-likeness (QED) is 0.326. The summed E-state index contributed by atoms with van der Waals surface area (Å²) in [4.78, 5) is 38.5. The number of nitrogens with one attached hydrogen (secondary N) is 1. The Morgan fingerprint density at radius 2 is 1.89 bits per heavy atom. The first kappa shape index (κ1) is 25.0. The molecule has 35 heavy (non-hydrogen) atoms. The van der Waals surface area contributed by atoms with Gasteiger partial charge < -0.3 is 10.1 Å². The van der Waals surface area contributed by atoms with Crippen LogP contribution in [0.25, 0.3) is 6.08 Å². The zero-order valence-electron chi connectivity index (χ0n) is 18.0. The van der Waals surface area contributed by atoms with Crippen LogP contribution in [0.15, 0.2) is 76.1 Å². The highest BCUT2D eigenvalue weighted by molar-refractivity contribution is 9.10. The van der Waals surface area contributed by atoms with E-state index >= 15 is 0 Å². The van der Waals surface area contributed by atoms with Gasteiger partial charge >= 0.3 is 0 Å². The van der Waals surface area contributed by atoms with Crippen molar-refractivity contribution in [3.63, 3.8) is 0 Å². The number of halogens is 3. The second-order valence-corrected chi connectivity index (χ2v) is 9.66. The van der Waals surface area contributed by atoms with Crippen LogP contribution in [0.4, 0.5) is 14.9 Å². The van der Waals surface area contributed by atoms with Crippen molar-refractivity contribution in [2.45, 2.75) is 6.61 Å². The topological polar surface area (TPSA) is 75.7 Å². The van der Waals surface area contributed by atoms with E-state index in [2.05, 4.69) is 21.2 Å². The lowest BCUT2D eigenvalue weighted by atomic mass is 10.2. The molecule has 0 aromatic heterocycles. The van der Waals surface area contributed by atoms with Crippen molar-refractivity contribution in [1.29, 1.82) is 0 Å². The number of hydrogen-bond acceptors (Lipinski definition) is 5. The summed E-state index contributed by atoms with van der Waals surface area (Å²) >= 11 is 9.93. The summed E-state index contributed by atoms with van der Waals surface area (Å²) in [5.41, 5.74) is 1.96. The predicted octanol–water partition coefficient (Wildman–Crippen LogP) is 6.50. The van der Waals surface area contributed by atoms with Gasteiger partial charge in [0.05, 0.1) is 14.4 Å². The molecule has 6 nitrogen and oxygen atoms in total. The van der Waals surface area contributed by atoms with Crippen LogP contribution in [0, 0.1) is 5.82 Å². The van der Waals surface area contributed by atoms with Crippen molar-refractivity contribution in [1.82, 2.24) is 4.90 Å². The highest BCUT2D eigenvalue weighted by atomic mass is 79.9. The van der Waals surface area contributed by atoms with Gasteiger partial charge in [0, 0.05) is 5.69 Å². The normalized spacial score (nSPS) is 14.5. The number of anilines is 1. The fourth-order valence-corrected chi connectivity index (χ4v) is 4.69. The van der Waals surface area contributed by atoms with Crippen molar-refractivity contribution in [2.75, 3.05) is 11.9 Å². The smallest absolute Gasteiger partial charge is 0.294 e. The van der Waals surface area contributed by atoms with Crippen LogP contribution in [0.5, 0.6) is 5.75 Å². The number of nitrogens with zero attached hydrogens (tertiary/aromatic N) is 1. The van der Waals surface area contributed by atoms with Crippen molar-refractivity contribution >= 4 is 68.1 Å². The Kier molecular flexibility index (Phi) is 7.90. The fourth-order valence-electron chi connectivity index (χ4n) is 3.16. The average molecular weight is 576 g/mol. The van der Waals surface area contributed by atoms with Crippen molar-refractivity contribution < 1.29 is 23.5 Å². The molecule has 0 saturated carbocycles. The molecule has 0 unspecified atom stereocenters. The minimum absolute atomic E-state index is 0.153. The van der Waals surface area contributed by atoms with Gasteiger partial charge in [-0.3, -0.25) is 19.3 Å². The highest BCUT2D eigenvalue weighted by Gasteiger charge is 2.36. The number of amides is 3. The van der Waals surface area contributed by atoms with Crippen LogP contribution in [0.2, 0.25) is 5.02 Å². The van der Waals surface area contributed by atoms with E-state index in [1.165, 1.54) is 12.1 Å². The minimum Gasteiger partial charge on any atom is -0.488 e. The summed E-state index contributed by atoms with van der Waals surface area (Å²) in [6.07, 6.45) is 1.58. The lowest BCUT2D eigenvalue weighted by Gasteiger charge is -2.12. The number of rotatable bonds is 7. The lowest BCUT2D eigenvalue weighted by molar-refractivity contribution is -0.127. The number of thioether (sulfide) groups is 1. The molecular formula is C25H17BrClFN2O4S. The van der Waals surface area contributed by atoms with Gasteiger partial charge in [-0.05, 0) is 75.2 Å². The van der Waals surface area contributed by atoms with Gasteiger partial charge in [0.25, 0.3) is 11.1 Å². The average Bonchev–Trinajstić information content (AvgIpc) is 3.09. The molecule has 1 aliphatic heterocycles. The monoisotopic (exact) mass is 574 g/mol. The number of hydrogen-bond donors (Lipinski definition) is 1. The Bertz CT molecular complexity index is 1340. The van der Waals surface area contributed by atoms with Crippen molar-refractivity contribution in [3.8, 4) is 5.75 Å². The van der Waals surface area contributed by atoms with Gasteiger partial charge in [0.1, 0.15) is 24.7 Å². The van der Waals surface area contributed by atoms with Crippen LogP contribution in [-0.4, -0.2) is 28.5 Å². The molecule has 1 fully saturated rings. The molecule has 0 radical (unpaired) electrons. The van der Waals surface area contributed by atoms with Gasteiger partial charge in [-0.2, -0.15) is 0 Å². The van der Waals surface area contributed by atoms with E-state index in [1.807, 2.05) is 30.3 Å². The number of benzene rings is 3. The van der Waals surface area contributed by atoms with Gasteiger partial charge in [-0.1, -0.05) is 48.0 Å². The third-order valence-corrected chi connectivity index (χ3v) is 6.69. The maximum absolute atomic E-state index is 13.3. The largest absolute Gasteiger partial charge is 0.488 e. The molecule has 3 aromatic rings. The Hall–Kier alpha value is -3.14. The van der Waals surface area contributed by atoms with Crippen molar-refractivity contribution in [3.05, 3.63) is 98.1 Å². The lowest BCUT2D eigenvalue weighted by Crippen LogP contribution is -2.36. The molecule has 178 valence electrons. The Morgan fingerprint density at radius 1 is 1.11 bits per heavy atom. The molecule has 3 amide bonds. The molecule has 0 bridgehead atoms. The van der Waals surface area contributed by atoms with Crippen LogP contribution >= 0.6 is 39.3 Å². The molecule has 1 aliphatic rings. The summed E-state index contributed by atoms with van der Waals surface area (Å²) in [6, 6.07) is 18.7. The van der Waals surface area contributed by atoms with Crippen LogP contribution < -0.4 is 10.1 Å². The van der Waals surface area contributed by atoms with E-state index in [9.17, 15) is 18.8 Å². The third kappa shape index (κ3) is 6.30. The number of imide groups is 1. The predicted molar refractivity (Wildman–Crippen MR) is 138 cm³/mol. The first-order valence-electron chi connectivity index (χ1n) is 10.3. The summed E-state index contributed by atoms with van der Waals surface area (Å²) in [5.74, 6) is -1.17. The van der Waals surface area contributed by atoms with E-state index in [0.29, 0.717) is 22.4 Å². The molecule has 0 aliphatic carbocycles. The summed E-state index contributed by atoms with van der Waals surface area (Å²) in [6.45, 7) is -0.0726. The summed E-state index contributed by atoms with van der Waals surface area (Å²) in [5, 5.41) is 1.78. The second kappa shape index (κ2) is 11.1. The van der Waals surface area contributed by atoms with Crippen molar-refractivity contribution in [2.24, 2.45) is 0 Å². The third-order valence-electron chi connectivity index (χ3n) is 4.87. The molecule has 10 heteroatoms. The van der Waals surface area contributed by atoms with Crippen LogP contribution in [0.1, 0.15) is 11.1 Å². The van der Waals surface area contributed by atoms with Gasteiger partial charge in [-0.25, -0.2) is 4.39 Å². The number of carbonyl (C=O) groups excluding carboxylic acids is 3. The van der Waals surface area contributed by atoms with Crippen LogP contribution in [0.3, 0.4) is 0 Å². The molecule has 1 saturated heterocycles. The molecule has 0 atom stereocenters. The van der Waals surface area contributed by atoms with E-state index in [1.54, 1.807) is 24.3 Å². The molecule has 4 rings (SSSR count). The van der Waals surface area contributed by atoms with Gasteiger partial charge in [-0.15, -0.1) is 0 Å². The molecule has 0 spiro atoms. The summed E-state index contributed by atoms with van der Waals surface area (Å²) in [7, 11) is 0. The number of ether oxygens (including phenoxy) is 1. The maximum atomic E-state index is 13.3. The highest BCUT2D eigenvalue weighted by Crippen LogP contribution is 2.34. The zero-order chi connectivity index (χ0) is 24.9. The first-order chi connectivity index (χ1) is 16.8. The maximum Gasteiger partial charge on any atom is 0.294 e. The summed E-state index contributed by atoms with van der Waals surface area (Å²) < 4.78 is 19.8. The van der Waals surface area contributed by atoms with E-state index in [-0.39, 0.29) is 15.6 Å². The second-order valence-electron chi connectivity index (χ2n) is 7.41. The standard InChI is InChI=1S/C25H17BrClFN2O4S/c26-18-10-16(6-9-21(18)34-14-15-4-2-1-3-5-15)11-22-24(32)30(25(33)35-22)13-23(31)29-17-7-8-20(28)19(27)12-17/h1-12H,13-14H2,(H,29,31)/b22-11+. The van der Waals surface area contributed by atoms with Gasteiger partial charge in [0.15, 0.2) is 0 Å². The molecule has 1 N–H and O–H groups in total. The molecule has 3 aromatic carbocycles. The zero-order valence-corrected chi connectivity index (χ0v) is 21.1. The van der Waals surface area contributed by atoms with E-state index in [4.69, 9.17) is 16.3 Å². The SMILES string of the molecule is O=C(CN1C(=O)S/C(=C/c2ccc(OCc3ccccc3)c(Br)c2)C1=O)Nc1ccc(F)c(Cl)c1. The number of carbonyl (C=O) groups is 3. The Labute approximate surface area is 218 Å². The van der Waals surface area contributed by atoms with Gasteiger partial charge in [0.2, 0.25) is 5.91 Å². The van der Waals surface area contributed by atoms with E-state index in [0.717, 1.165) is 28.3 Å². The molecule has 1 heterocycles. The fraction of sp³-hybridized carbons (Fsp3) is 0.0800. The Morgan fingerprint density at radius 3 is 2.60 bits per heavy atom. The first-order valence-corrected chi connectivity index (χ1v) is 12.3. The van der Waals surface area contributed by atoms with Crippen LogP contribution in [-0.2, 0) is 16.2 Å².